The third-order valence-corrected chi connectivity index (χ3v) is 5.59. The van der Waals surface area contributed by atoms with Gasteiger partial charge in [-0.15, -0.1) is 0 Å². The van der Waals surface area contributed by atoms with Gasteiger partial charge in [0.1, 0.15) is 0 Å². The lowest BCUT2D eigenvalue weighted by molar-refractivity contribution is 0.102. The molecule has 0 spiro atoms. The lowest BCUT2D eigenvalue weighted by Gasteiger charge is -2.16. The Balaban J connectivity index is 1.82. The number of para-hydroxylation sites is 2. The van der Waals surface area contributed by atoms with Crippen LogP contribution in [0.3, 0.4) is 0 Å². The first kappa shape index (κ1) is 20.1. The average molecular weight is 415 g/mol. The summed E-state index contributed by atoms with van der Waals surface area (Å²) in [6.45, 7) is 4.20. The van der Waals surface area contributed by atoms with Crippen molar-refractivity contribution in [2.45, 2.75) is 26.7 Å². The molecule has 0 radical (unpaired) electrons. The van der Waals surface area contributed by atoms with E-state index in [1.54, 1.807) is 0 Å². The van der Waals surface area contributed by atoms with Crippen molar-refractivity contribution in [3.63, 3.8) is 0 Å². The molecule has 3 aromatic carbocycles. The van der Waals surface area contributed by atoms with Crippen molar-refractivity contribution in [1.82, 2.24) is 4.98 Å². The van der Waals surface area contributed by atoms with E-state index in [0.29, 0.717) is 10.6 Å². The summed E-state index contributed by atoms with van der Waals surface area (Å²) in [5.74, 6) is -0.126. The van der Waals surface area contributed by atoms with Crippen molar-refractivity contribution in [2.75, 3.05) is 5.32 Å². The fourth-order valence-corrected chi connectivity index (χ4v) is 3.84. The molecule has 0 aliphatic rings. The van der Waals surface area contributed by atoms with E-state index in [2.05, 4.69) is 31.3 Å². The largest absolute Gasteiger partial charge is 0.321 e. The van der Waals surface area contributed by atoms with Gasteiger partial charge in [0.2, 0.25) is 0 Å². The summed E-state index contributed by atoms with van der Waals surface area (Å²) in [6, 6.07) is 23.3. The van der Waals surface area contributed by atoms with E-state index >= 15 is 0 Å². The quantitative estimate of drug-likeness (QED) is 0.384. The number of aryl methyl sites for hydroxylation is 2. The zero-order valence-corrected chi connectivity index (χ0v) is 17.8. The van der Waals surface area contributed by atoms with Crippen LogP contribution in [-0.4, -0.2) is 10.9 Å². The predicted molar refractivity (Wildman–Crippen MR) is 125 cm³/mol. The second-order valence-electron chi connectivity index (χ2n) is 7.19. The monoisotopic (exact) mass is 414 g/mol. The number of nitrogens with one attached hydrogen (secondary N) is 1. The van der Waals surface area contributed by atoms with Crippen LogP contribution in [0.4, 0.5) is 5.69 Å². The van der Waals surface area contributed by atoms with Gasteiger partial charge in [-0.1, -0.05) is 74.0 Å². The highest BCUT2D eigenvalue weighted by molar-refractivity contribution is 6.30. The van der Waals surface area contributed by atoms with E-state index in [-0.39, 0.29) is 5.91 Å². The number of pyridine rings is 1. The fraction of sp³-hybridized carbons (Fsp3) is 0.154. The Hall–Kier alpha value is -3.17. The van der Waals surface area contributed by atoms with Gasteiger partial charge in [0.05, 0.1) is 16.8 Å². The molecule has 4 heteroatoms. The first-order valence-corrected chi connectivity index (χ1v) is 10.6. The SMILES string of the molecule is CCc1cccc(CC)c1NC(=O)c1cc(-c2ccc(Cl)cc2)nc2ccccc12. The molecule has 30 heavy (non-hydrogen) atoms. The predicted octanol–water partition coefficient (Wildman–Crippen LogP) is 6.93. The van der Waals surface area contributed by atoms with E-state index in [0.717, 1.165) is 51.8 Å². The van der Waals surface area contributed by atoms with Crippen LogP contribution in [0, 0.1) is 0 Å². The number of benzene rings is 3. The molecule has 0 saturated heterocycles. The van der Waals surface area contributed by atoms with Crippen LogP contribution in [0.2, 0.25) is 5.02 Å². The lowest BCUT2D eigenvalue weighted by atomic mass is 10.0. The Labute approximate surface area is 181 Å². The van der Waals surface area contributed by atoms with Crippen LogP contribution in [-0.2, 0) is 12.8 Å². The van der Waals surface area contributed by atoms with Crippen LogP contribution in [0.5, 0.6) is 0 Å². The zero-order valence-electron chi connectivity index (χ0n) is 17.1. The first-order chi connectivity index (χ1) is 14.6. The second kappa shape index (κ2) is 8.68. The zero-order chi connectivity index (χ0) is 21.1. The Morgan fingerprint density at radius 1 is 0.900 bits per heavy atom. The number of carbonyl (C=O) groups is 1. The summed E-state index contributed by atoms with van der Waals surface area (Å²) in [6.07, 6.45) is 1.72. The molecule has 150 valence electrons. The number of anilines is 1. The third kappa shape index (κ3) is 3.94. The Morgan fingerprint density at radius 2 is 1.57 bits per heavy atom. The van der Waals surface area contributed by atoms with Gasteiger partial charge in [-0.05, 0) is 48.2 Å². The summed E-state index contributed by atoms with van der Waals surface area (Å²) in [7, 11) is 0. The topological polar surface area (TPSA) is 42.0 Å². The van der Waals surface area contributed by atoms with Gasteiger partial charge in [-0.2, -0.15) is 0 Å². The van der Waals surface area contributed by atoms with Crippen molar-refractivity contribution in [3.8, 4) is 11.3 Å². The van der Waals surface area contributed by atoms with Gasteiger partial charge in [0.25, 0.3) is 5.91 Å². The molecule has 4 rings (SSSR count). The molecule has 0 atom stereocenters. The van der Waals surface area contributed by atoms with Gasteiger partial charge in [-0.25, -0.2) is 4.98 Å². The van der Waals surface area contributed by atoms with Crippen LogP contribution >= 0.6 is 11.6 Å². The van der Waals surface area contributed by atoms with Gasteiger partial charge < -0.3 is 5.32 Å². The van der Waals surface area contributed by atoms with E-state index in [1.165, 1.54) is 0 Å². The minimum absolute atomic E-state index is 0.126. The van der Waals surface area contributed by atoms with Gasteiger partial charge in [0, 0.05) is 21.7 Å². The van der Waals surface area contributed by atoms with Crippen molar-refractivity contribution in [1.29, 1.82) is 0 Å². The molecule has 0 unspecified atom stereocenters. The molecule has 0 fully saturated rings. The van der Waals surface area contributed by atoms with Gasteiger partial charge >= 0.3 is 0 Å². The number of fused-ring (bicyclic) bond motifs is 1. The Kier molecular flexibility index (Phi) is 5.82. The standard InChI is InChI=1S/C26H23ClN2O/c1-3-17-8-7-9-18(4-2)25(17)29-26(30)22-16-24(19-12-14-20(27)15-13-19)28-23-11-6-5-10-21(22)23/h5-16H,3-4H2,1-2H3,(H,29,30). The van der Waals surface area contributed by atoms with Gasteiger partial charge in [-0.3, -0.25) is 4.79 Å². The number of nitrogens with zero attached hydrogens (tertiary/aromatic N) is 1. The number of halogens is 1. The smallest absolute Gasteiger partial charge is 0.256 e. The molecule has 0 saturated carbocycles. The molecule has 1 heterocycles. The van der Waals surface area contributed by atoms with E-state index in [1.807, 2.05) is 60.7 Å². The summed E-state index contributed by atoms with van der Waals surface area (Å²) < 4.78 is 0. The molecule has 1 amide bonds. The number of hydrogen-bond acceptors (Lipinski definition) is 2. The van der Waals surface area contributed by atoms with E-state index < -0.39 is 0 Å². The number of rotatable bonds is 5. The number of carbonyl (C=O) groups excluding carboxylic acids is 1. The number of amides is 1. The second-order valence-corrected chi connectivity index (χ2v) is 7.63. The highest BCUT2D eigenvalue weighted by Gasteiger charge is 2.16. The molecule has 4 aromatic rings. The lowest BCUT2D eigenvalue weighted by Crippen LogP contribution is -2.16. The van der Waals surface area contributed by atoms with Crippen molar-refractivity contribution in [2.24, 2.45) is 0 Å². The number of aromatic nitrogens is 1. The summed E-state index contributed by atoms with van der Waals surface area (Å²) in [5.41, 5.74) is 6.25. The molecule has 0 aliphatic heterocycles. The highest BCUT2D eigenvalue weighted by atomic mass is 35.5. The van der Waals surface area contributed by atoms with Crippen molar-refractivity contribution >= 4 is 34.1 Å². The minimum atomic E-state index is -0.126. The van der Waals surface area contributed by atoms with Crippen molar-refractivity contribution in [3.05, 3.63) is 94.5 Å². The van der Waals surface area contributed by atoms with Gasteiger partial charge in [0.15, 0.2) is 0 Å². The molecular weight excluding hydrogens is 392 g/mol. The number of hydrogen-bond donors (Lipinski definition) is 1. The molecule has 3 nitrogen and oxygen atoms in total. The third-order valence-electron chi connectivity index (χ3n) is 5.34. The van der Waals surface area contributed by atoms with Crippen LogP contribution in [0.1, 0.15) is 35.3 Å². The average Bonchev–Trinajstić information content (AvgIpc) is 2.78. The van der Waals surface area contributed by atoms with E-state index in [9.17, 15) is 4.79 Å². The summed E-state index contributed by atoms with van der Waals surface area (Å²) in [5, 5.41) is 4.69. The fourth-order valence-electron chi connectivity index (χ4n) is 3.72. The molecule has 1 aromatic heterocycles. The molecule has 0 bridgehead atoms. The molecule has 1 N–H and O–H groups in total. The Morgan fingerprint density at radius 3 is 2.23 bits per heavy atom. The normalized spacial score (nSPS) is 10.9. The van der Waals surface area contributed by atoms with Crippen LogP contribution in [0.25, 0.3) is 22.2 Å². The summed E-state index contributed by atoms with van der Waals surface area (Å²) >= 11 is 6.04. The van der Waals surface area contributed by atoms with Crippen LogP contribution in [0.15, 0.2) is 72.8 Å². The Bertz CT molecular complexity index is 1190. The maximum Gasteiger partial charge on any atom is 0.256 e. The van der Waals surface area contributed by atoms with Crippen molar-refractivity contribution < 1.29 is 4.79 Å². The molecule has 0 aliphatic carbocycles. The van der Waals surface area contributed by atoms with E-state index in [4.69, 9.17) is 16.6 Å². The molecular formula is C26H23ClN2O. The maximum absolute atomic E-state index is 13.4. The highest BCUT2D eigenvalue weighted by Crippen LogP contribution is 2.28. The summed E-state index contributed by atoms with van der Waals surface area (Å²) in [4.78, 5) is 18.2. The minimum Gasteiger partial charge on any atom is -0.321 e. The maximum atomic E-state index is 13.4. The van der Waals surface area contributed by atoms with Crippen LogP contribution < -0.4 is 5.32 Å². The first-order valence-electron chi connectivity index (χ1n) is 10.2.